The third-order valence-corrected chi connectivity index (χ3v) is 11.4. The van der Waals surface area contributed by atoms with Crippen molar-refractivity contribution in [1.82, 2.24) is 4.90 Å². The van der Waals surface area contributed by atoms with Crippen molar-refractivity contribution in [3.63, 3.8) is 0 Å². The molecule has 3 heterocycles. The Hall–Kier alpha value is -1.81. The summed E-state index contributed by atoms with van der Waals surface area (Å²) in [7, 11) is 0. The highest BCUT2D eigenvalue weighted by Crippen LogP contribution is 2.68. The van der Waals surface area contributed by atoms with E-state index in [1.165, 1.54) is 11.8 Å². The molecule has 0 aromatic heterocycles. The molecule has 1 aromatic rings. The molecule has 3 fully saturated rings. The van der Waals surface area contributed by atoms with Gasteiger partial charge in [-0.05, 0) is 30.9 Å². The molecule has 2 amide bonds. The second-order valence-corrected chi connectivity index (χ2v) is 13.5. The maximum absolute atomic E-state index is 14.6. The van der Waals surface area contributed by atoms with E-state index in [4.69, 9.17) is 16.3 Å². The van der Waals surface area contributed by atoms with Crippen molar-refractivity contribution in [3.05, 3.63) is 54.6 Å². The van der Waals surface area contributed by atoms with Gasteiger partial charge in [0.2, 0.25) is 5.91 Å². The number of aliphatic hydroxyl groups excluding tert-OH is 1. The van der Waals surface area contributed by atoms with Crippen molar-refractivity contribution in [2.45, 2.75) is 53.6 Å². The topological polar surface area (TPSA) is 87.1 Å². The lowest BCUT2D eigenvalue weighted by Crippen LogP contribution is -2.59. The van der Waals surface area contributed by atoms with Gasteiger partial charge in [0.15, 0.2) is 0 Å². The van der Waals surface area contributed by atoms with Crippen LogP contribution >= 0.6 is 39.3 Å². The minimum atomic E-state index is -0.906. The molecule has 7 atom stereocenters. The largest absolute Gasteiger partial charge is 0.465 e. The Labute approximate surface area is 241 Å². The first kappa shape index (κ1) is 29.2. The number of esters is 1. The fourth-order valence-electron chi connectivity index (χ4n) is 6.19. The number of ether oxygens (including phenoxy) is 1. The van der Waals surface area contributed by atoms with Crippen LogP contribution in [-0.2, 0) is 19.1 Å². The smallest absolute Gasteiger partial charge is 0.310 e. The lowest BCUT2D eigenvalue weighted by atomic mass is 9.71. The third kappa shape index (κ3) is 4.73. The van der Waals surface area contributed by atoms with Gasteiger partial charge in [0, 0.05) is 16.6 Å². The summed E-state index contributed by atoms with van der Waals surface area (Å²) in [6.07, 6.45) is 4.34. The molecule has 2 bridgehead atoms. The number of carbonyl (C=O) groups excluding carboxylic acids is 3. The van der Waals surface area contributed by atoms with Gasteiger partial charge in [0.1, 0.15) is 6.04 Å². The number of alkyl halides is 1. The highest BCUT2D eigenvalue weighted by molar-refractivity contribution is 9.09. The summed E-state index contributed by atoms with van der Waals surface area (Å²) in [6, 6.07) is 5.56. The second kappa shape index (κ2) is 11.7. The van der Waals surface area contributed by atoms with Gasteiger partial charge >= 0.3 is 5.97 Å². The van der Waals surface area contributed by atoms with E-state index in [0.29, 0.717) is 23.6 Å². The Morgan fingerprint density at radius 2 is 2.05 bits per heavy atom. The summed E-state index contributed by atoms with van der Waals surface area (Å²) in [5, 5.41) is 10.6. The molecule has 0 saturated carbocycles. The van der Waals surface area contributed by atoms with Gasteiger partial charge in [-0.15, -0.1) is 24.9 Å². The molecule has 3 saturated heterocycles. The zero-order chi connectivity index (χ0) is 27.8. The van der Waals surface area contributed by atoms with Crippen molar-refractivity contribution in [2.75, 3.05) is 24.7 Å². The Bertz CT molecular complexity index is 1120. The minimum absolute atomic E-state index is 0.0800. The molecule has 3 aliphatic heterocycles. The highest BCUT2D eigenvalue weighted by Gasteiger charge is 2.76. The number of carbonyl (C=O) groups is 3. The molecule has 3 aliphatic rings. The summed E-state index contributed by atoms with van der Waals surface area (Å²) in [5.41, 5.74) is 0.518. The minimum Gasteiger partial charge on any atom is -0.465 e. The van der Waals surface area contributed by atoms with Crippen LogP contribution in [0, 0.1) is 17.8 Å². The number of nitrogens with zero attached hydrogens (tertiary/aromatic N) is 2. The Morgan fingerprint density at radius 1 is 1.34 bits per heavy atom. The quantitative estimate of drug-likeness (QED) is 0.169. The summed E-state index contributed by atoms with van der Waals surface area (Å²) in [5.74, 6) is -2.57. The number of thioether (sulfide) groups is 1. The van der Waals surface area contributed by atoms with Crippen LogP contribution in [0.25, 0.3) is 0 Å². The molecule has 7 nitrogen and oxygen atoms in total. The van der Waals surface area contributed by atoms with Gasteiger partial charge in [-0.1, -0.05) is 65.7 Å². The standard InChI is InChI=1S/C28H34BrClN2O5S/c1-5-7-13-37-27(36)21-22-25(34)32(20(15-33)16(3)4)24(28(22)14-17(29)23(21)38-28)26(35)31(12-6-2)19-11-9-8-10-18(19)30/h5-6,8-11,16-17,20-24,33H,1-2,7,12-15H2,3-4H3/t17?,20-,21-,22-,23-,24?,28?/m0/s1. The number of para-hydroxylation sites is 1. The zero-order valence-corrected chi connectivity index (χ0v) is 24.8. The summed E-state index contributed by atoms with van der Waals surface area (Å²) >= 11 is 11.8. The monoisotopic (exact) mass is 624 g/mol. The maximum Gasteiger partial charge on any atom is 0.310 e. The van der Waals surface area contributed by atoms with E-state index in [1.807, 2.05) is 13.8 Å². The van der Waals surface area contributed by atoms with Crippen LogP contribution in [0.15, 0.2) is 49.6 Å². The number of hydrogen-bond acceptors (Lipinski definition) is 6. The zero-order valence-electron chi connectivity index (χ0n) is 21.6. The van der Waals surface area contributed by atoms with E-state index in [9.17, 15) is 19.5 Å². The van der Waals surface area contributed by atoms with Crippen molar-refractivity contribution >= 4 is 62.8 Å². The molecule has 4 rings (SSSR count). The predicted molar refractivity (Wildman–Crippen MR) is 155 cm³/mol. The van der Waals surface area contributed by atoms with Gasteiger partial charge in [0.05, 0.1) is 46.5 Å². The van der Waals surface area contributed by atoms with Crippen LogP contribution in [0.2, 0.25) is 5.02 Å². The van der Waals surface area contributed by atoms with Crippen LogP contribution in [-0.4, -0.2) is 74.5 Å². The van der Waals surface area contributed by atoms with Gasteiger partial charge in [0.25, 0.3) is 5.91 Å². The van der Waals surface area contributed by atoms with Crippen molar-refractivity contribution in [1.29, 1.82) is 0 Å². The normalized spacial score (nSPS) is 30.3. The number of halogens is 2. The first-order valence-corrected chi connectivity index (χ1v) is 15.0. The number of amides is 2. The molecular weight excluding hydrogens is 592 g/mol. The first-order valence-electron chi connectivity index (χ1n) is 12.8. The lowest BCUT2D eigenvalue weighted by molar-refractivity contribution is -0.154. The van der Waals surface area contributed by atoms with Gasteiger partial charge in [-0.2, -0.15) is 0 Å². The average molecular weight is 626 g/mol. The summed E-state index contributed by atoms with van der Waals surface area (Å²) in [6.45, 7) is 11.4. The van der Waals surface area contributed by atoms with Crippen molar-refractivity contribution in [2.24, 2.45) is 17.8 Å². The molecule has 1 spiro atoms. The summed E-state index contributed by atoms with van der Waals surface area (Å²) < 4.78 is 4.70. The molecule has 206 valence electrons. The van der Waals surface area contributed by atoms with E-state index in [-0.39, 0.29) is 47.6 Å². The Morgan fingerprint density at radius 3 is 2.66 bits per heavy atom. The van der Waals surface area contributed by atoms with Crippen LogP contribution in [0.1, 0.15) is 26.7 Å². The fraction of sp³-hybridized carbons (Fsp3) is 0.536. The number of likely N-dealkylation sites (tertiary alicyclic amines) is 1. The van der Waals surface area contributed by atoms with E-state index in [0.717, 1.165) is 0 Å². The Balaban J connectivity index is 1.83. The van der Waals surface area contributed by atoms with Gasteiger partial charge in [-0.25, -0.2) is 0 Å². The molecule has 10 heteroatoms. The molecule has 38 heavy (non-hydrogen) atoms. The number of benzene rings is 1. The van der Waals surface area contributed by atoms with Crippen LogP contribution < -0.4 is 4.90 Å². The van der Waals surface area contributed by atoms with E-state index in [1.54, 1.807) is 46.2 Å². The SMILES string of the molecule is C=CCCOC(=O)[C@H]1[C@H]2C(=O)N([C@@H](CO)C(C)C)C(C(=O)N(CC=C)c3ccccc3Cl)C23CC(Br)[C@@H]1S3. The number of anilines is 1. The molecular formula is C28H34BrClN2O5S. The number of hydrogen-bond donors (Lipinski definition) is 1. The lowest BCUT2D eigenvalue weighted by Gasteiger charge is -2.41. The van der Waals surface area contributed by atoms with E-state index in [2.05, 4.69) is 29.1 Å². The molecule has 0 radical (unpaired) electrons. The number of fused-ring (bicyclic) bond motifs is 1. The number of aliphatic hydroxyl groups is 1. The van der Waals surface area contributed by atoms with E-state index < -0.39 is 34.6 Å². The van der Waals surface area contributed by atoms with Crippen molar-refractivity contribution < 1.29 is 24.2 Å². The molecule has 1 aromatic carbocycles. The predicted octanol–water partition coefficient (Wildman–Crippen LogP) is 4.46. The summed E-state index contributed by atoms with van der Waals surface area (Å²) in [4.78, 5) is 45.3. The number of rotatable bonds is 11. The molecule has 0 aliphatic carbocycles. The molecule has 1 N–H and O–H groups in total. The van der Waals surface area contributed by atoms with Gasteiger partial charge < -0.3 is 19.6 Å². The first-order chi connectivity index (χ1) is 18.1. The second-order valence-electron chi connectivity index (χ2n) is 10.3. The fourth-order valence-corrected chi connectivity index (χ4v) is 10.0. The van der Waals surface area contributed by atoms with E-state index >= 15 is 0 Å². The van der Waals surface area contributed by atoms with Gasteiger partial charge in [-0.3, -0.25) is 14.4 Å². The maximum atomic E-state index is 14.6. The van der Waals surface area contributed by atoms with Crippen LogP contribution in [0.3, 0.4) is 0 Å². The Kier molecular flexibility index (Phi) is 9.02. The molecule has 3 unspecified atom stereocenters. The third-order valence-electron chi connectivity index (χ3n) is 7.83. The highest BCUT2D eigenvalue weighted by atomic mass is 79.9. The average Bonchev–Trinajstić information content (AvgIpc) is 3.47. The van der Waals surface area contributed by atoms with Crippen LogP contribution in [0.5, 0.6) is 0 Å². The van der Waals surface area contributed by atoms with Crippen LogP contribution in [0.4, 0.5) is 5.69 Å². The van der Waals surface area contributed by atoms with Crippen molar-refractivity contribution in [3.8, 4) is 0 Å².